The van der Waals surface area contributed by atoms with Crippen molar-refractivity contribution in [3.63, 3.8) is 0 Å². The van der Waals surface area contributed by atoms with Crippen LogP contribution in [-0.4, -0.2) is 57.5 Å². The molecule has 1 fully saturated rings. The van der Waals surface area contributed by atoms with Crippen LogP contribution in [0.2, 0.25) is 0 Å². The van der Waals surface area contributed by atoms with Crippen LogP contribution in [0.1, 0.15) is 41.5 Å². The Bertz CT molecular complexity index is 680. The largest absolute Gasteiger partial charge is 0.490 e. The molecule has 2 heterocycles. The molecule has 0 aliphatic carbocycles. The molecule has 0 spiro atoms. The van der Waals surface area contributed by atoms with Gasteiger partial charge >= 0.3 is 0 Å². The molecule has 2 atom stereocenters. The number of rotatable bonds is 6. The lowest BCUT2D eigenvalue weighted by Gasteiger charge is -2.32. The number of β-amino-alcohol motifs (C(OH)–C–C–N with tert-alkyl or cyclic N) is 1. The van der Waals surface area contributed by atoms with Gasteiger partial charge in [-0.3, -0.25) is 10.00 Å². The van der Waals surface area contributed by atoms with Crippen molar-refractivity contribution < 1.29 is 9.84 Å². The Kier molecular flexibility index (Phi) is 5.71. The van der Waals surface area contributed by atoms with Gasteiger partial charge in [0.05, 0.1) is 0 Å². The number of aliphatic hydroxyl groups is 1. The maximum Gasteiger partial charge on any atom is 0.155 e. The lowest BCUT2D eigenvalue weighted by Crippen LogP contribution is -2.41. The van der Waals surface area contributed by atoms with Crippen LogP contribution < -0.4 is 4.74 Å². The van der Waals surface area contributed by atoms with E-state index in [0.29, 0.717) is 19.1 Å². The van der Waals surface area contributed by atoms with Crippen molar-refractivity contribution >= 4 is 0 Å². The third kappa shape index (κ3) is 4.58. The molecule has 2 aromatic rings. The number of aliphatic hydroxyl groups excluding tert-OH is 1. The van der Waals surface area contributed by atoms with Crippen LogP contribution in [0.15, 0.2) is 18.2 Å². The first-order valence-electron chi connectivity index (χ1n) is 9.01. The molecule has 0 amide bonds. The van der Waals surface area contributed by atoms with Crippen molar-refractivity contribution in [2.24, 2.45) is 0 Å². The maximum absolute atomic E-state index is 10.4. The molecule has 6 heteroatoms. The van der Waals surface area contributed by atoms with Crippen LogP contribution in [0.3, 0.4) is 0 Å². The predicted molar refractivity (Wildman–Crippen MR) is 97.0 cm³/mol. The van der Waals surface area contributed by atoms with E-state index in [-0.39, 0.29) is 0 Å². The van der Waals surface area contributed by atoms with Crippen LogP contribution in [0.5, 0.6) is 5.75 Å². The number of nitrogens with one attached hydrogen (secondary N) is 1. The molecule has 1 aliphatic rings. The number of aromatic nitrogens is 3. The molecule has 2 unspecified atom stereocenters. The molecular weight excluding hydrogens is 316 g/mol. The summed E-state index contributed by atoms with van der Waals surface area (Å²) in [6.07, 6.45) is 1.69. The van der Waals surface area contributed by atoms with Crippen LogP contribution in [0, 0.1) is 20.8 Å². The number of para-hydroxylation sites is 1. The smallest absolute Gasteiger partial charge is 0.155 e. The molecule has 2 N–H and O–H groups in total. The van der Waals surface area contributed by atoms with E-state index in [9.17, 15) is 5.11 Å². The van der Waals surface area contributed by atoms with Crippen LogP contribution in [0.4, 0.5) is 0 Å². The van der Waals surface area contributed by atoms with Gasteiger partial charge in [-0.2, -0.15) is 5.10 Å². The molecule has 0 saturated carbocycles. The third-order valence-electron chi connectivity index (χ3n) is 4.78. The molecule has 1 aliphatic heterocycles. The molecule has 25 heavy (non-hydrogen) atoms. The quantitative estimate of drug-likeness (QED) is 0.841. The molecule has 0 bridgehead atoms. The average molecular weight is 344 g/mol. The van der Waals surface area contributed by atoms with E-state index in [1.54, 1.807) is 0 Å². The fraction of sp³-hybridized carbons (Fsp3) is 0.579. The van der Waals surface area contributed by atoms with E-state index in [4.69, 9.17) is 4.74 Å². The fourth-order valence-corrected chi connectivity index (χ4v) is 3.53. The number of aromatic amines is 1. The van der Waals surface area contributed by atoms with Gasteiger partial charge in [0.1, 0.15) is 24.3 Å². The first-order chi connectivity index (χ1) is 12.0. The summed E-state index contributed by atoms with van der Waals surface area (Å²) < 4.78 is 5.88. The van der Waals surface area contributed by atoms with Gasteiger partial charge in [0.25, 0.3) is 0 Å². The number of ether oxygens (including phenoxy) is 1. The summed E-state index contributed by atoms with van der Waals surface area (Å²) in [7, 11) is 0. The van der Waals surface area contributed by atoms with Crippen molar-refractivity contribution in [3.05, 3.63) is 41.0 Å². The standard InChI is InChI=1S/C19H28N4O2/c1-13-6-4-7-14(2)18(13)25-12-17(24)11-23-9-5-8-16(10-23)19-20-15(3)21-22-19/h4,6-7,16-17,24H,5,8-12H2,1-3H3,(H,20,21,22). The number of benzene rings is 1. The highest BCUT2D eigenvalue weighted by Gasteiger charge is 2.25. The second kappa shape index (κ2) is 7.97. The second-order valence-corrected chi connectivity index (χ2v) is 7.06. The van der Waals surface area contributed by atoms with E-state index in [1.807, 2.05) is 39.0 Å². The summed E-state index contributed by atoms with van der Waals surface area (Å²) in [5, 5.41) is 17.6. The molecule has 3 rings (SSSR count). The molecule has 136 valence electrons. The molecule has 1 aromatic heterocycles. The average Bonchev–Trinajstić information content (AvgIpc) is 3.01. The first-order valence-corrected chi connectivity index (χ1v) is 9.01. The van der Waals surface area contributed by atoms with Crippen molar-refractivity contribution in [2.75, 3.05) is 26.2 Å². The Morgan fingerprint density at radius 2 is 2.08 bits per heavy atom. The Morgan fingerprint density at radius 1 is 1.32 bits per heavy atom. The van der Waals surface area contributed by atoms with E-state index >= 15 is 0 Å². The summed E-state index contributed by atoms with van der Waals surface area (Å²) in [6.45, 7) is 8.80. The summed E-state index contributed by atoms with van der Waals surface area (Å²) >= 11 is 0. The molecule has 1 saturated heterocycles. The van der Waals surface area contributed by atoms with Gasteiger partial charge in [-0.25, -0.2) is 4.98 Å². The fourth-order valence-electron chi connectivity index (χ4n) is 3.53. The molecule has 0 radical (unpaired) electrons. The van der Waals surface area contributed by atoms with Gasteiger partial charge in [-0.05, 0) is 51.3 Å². The van der Waals surface area contributed by atoms with E-state index < -0.39 is 6.10 Å². The predicted octanol–water partition coefficient (Wildman–Crippen LogP) is 2.35. The van der Waals surface area contributed by atoms with Gasteiger partial charge < -0.3 is 9.84 Å². The number of hydrogen-bond acceptors (Lipinski definition) is 5. The minimum atomic E-state index is -0.508. The minimum absolute atomic E-state index is 0.312. The highest BCUT2D eigenvalue weighted by molar-refractivity contribution is 5.39. The SMILES string of the molecule is Cc1nc(C2CCCN(CC(O)COc3c(C)cccc3C)C2)n[nH]1. The Balaban J connectivity index is 1.51. The number of likely N-dealkylation sites (tertiary alicyclic amines) is 1. The van der Waals surface area contributed by atoms with Crippen LogP contribution in [-0.2, 0) is 0 Å². The zero-order valence-electron chi connectivity index (χ0n) is 15.3. The monoisotopic (exact) mass is 344 g/mol. The Hall–Kier alpha value is -1.92. The van der Waals surface area contributed by atoms with Gasteiger partial charge in [-0.1, -0.05) is 18.2 Å². The lowest BCUT2D eigenvalue weighted by molar-refractivity contribution is 0.0574. The molecule has 6 nitrogen and oxygen atoms in total. The number of H-pyrrole nitrogens is 1. The zero-order chi connectivity index (χ0) is 17.8. The van der Waals surface area contributed by atoms with Gasteiger partial charge in [0, 0.05) is 19.0 Å². The summed E-state index contributed by atoms with van der Waals surface area (Å²) in [5.74, 6) is 2.97. The number of nitrogens with zero attached hydrogens (tertiary/aromatic N) is 3. The van der Waals surface area contributed by atoms with Crippen molar-refractivity contribution in [2.45, 2.75) is 45.6 Å². The van der Waals surface area contributed by atoms with Gasteiger partial charge in [-0.15, -0.1) is 0 Å². The van der Waals surface area contributed by atoms with Crippen molar-refractivity contribution in [1.82, 2.24) is 20.1 Å². The number of hydrogen-bond donors (Lipinski definition) is 2. The summed E-state index contributed by atoms with van der Waals surface area (Å²) in [5.41, 5.74) is 2.20. The Morgan fingerprint density at radius 3 is 2.76 bits per heavy atom. The molecule has 1 aromatic carbocycles. The number of piperidine rings is 1. The maximum atomic E-state index is 10.4. The summed E-state index contributed by atoms with van der Waals surface area (Å²) in [4.78, 5) is 6.75. The van der Waals surface area contributed by atoms with Gasteiger partial charge in [0.2, 0.25) is 0 Å². The highest BCUT2D eigenvalue weighted by atomic mass is 16.5. The van der Waals surface area contributed by atoms with Crippen molar-refractivity contribution in [3.8, 4) is 5.75 Å². The highest BCUT2D eigenvalue weighted by Crippen LogP contribution is 2.25. The minimum Gasteiger partial charge on any atom is -0.490 e. The zero-order valence-corrected chi connectivity index (χ0v) is 15.3. The topological polar surface area (TPSA) is 74.3 Å². The van der Waals surface area contributed by atoms with Crippen LogP contribution in [0.25, 0.3) is 0 Å². The first kappa shape index (κ1) is 17.9. The van der Waals surface area contributed by atoms with E-state index in [0.717, 1.165) is 54.5 Å². The van der Waals surface area contributed by atoms with Crippen LogP contribution >= 0.6 is 0 Å². The number of aryl methyl sites for hydroxylation is 3. The van der Waals surface area contributed by atoms with E-state index in [1.165, 1.54) is 0 Å². The second-order valence-electron chi connectivity index (χ2n) is 7.06. The van der Waals surface area contributed by atoms with Gasteiger partial charge in [0.15, 0.2) is 5.82 Å². The third-order valence-corrected chi connectivity index (χ3v) is 4.78. The van der Waals surface area contributed by atoms with E-state index in [2.05, 4.69) is 20.1 Å². The normalized spacial score (nSPS) is 19.8. The summed E-state index contributed by atoms with van der Waals surface area (Å²) in [6, 6.07) is 6.08. The molecular formula is C19H28N4O2. The van der Waals surface area contributed by atoms with Crippen molar-refractivity contribution in [1.29, 1.82) is 0 Å². The Labute approximate surface area is 149 Å². The lowest BCUT2D eigenvalue weighted by atomic mass is 9.97.